The Bertz CT molecular complexity index is 1420. The molecular formula is C32H40F3N3O5Si. The molecule has 0 bridgehead atoms. The van der Waals surface area contributed by atoms with Crippen LogP contribution in [0.15, 0.2) is 66.9 Å². The molecule has 0 saturated heterocycles. The summed E-state index contributed by atoms with van der Waals surface area (Å²) in [6.07, 6.45) is -5.89. The Kier molecular flexibility index (Phi) is 10.0. The van der Waals surface area contributed by atoms with Gasteiger partial charge >= 0.3 is 6.18 Å². The molecule has 44 heavy (non-hydrogen) atoms. The van der Waals surface area contributed by atoms with E-state index in [2.05, 4.69) is 5.32 Å². The summed E-state index contributed by atoms with van der Waals surface area (Å²) in [6, 6.07) is 14.3. The number of hydrogen-bond acceptors (Lipinski definition) is 5. The predicted octanol–water partition coefficient (Wildman–Crippen LogP) is 5.66. The highest BCUT2D eigenvalue weighted by atomic mass is 28.4. The lowest BCUT2D eigenvalue weighted by atomic mass is 9.88. The molecular weight excluding hydrogens is 591 g/mol. The van der Waals surface area contributed by atoms with Crippen molar-refractivity contribution in [2.45, 2.75) is 90.1 Å². The number of carbonyl (C=O) groups is 4. The third kappa shape index (κ3) is 7.13. The molecule has 8 nitrogen and oxygen atoms in total. The molecule has 2 aromatic rings. The summed E-state index contributed by atoms with van der Waals surface area (Å²) in [6.45, 7) is 13.7. The first-order valence-electron chi connectivity index (χ1n) is 14.3. The largest absolute Gasteiger partial charge is 0.454 e. The van der Waals surface area contributed by atoms with Crippen LogP contribution in [0.4, 0.5) is 13.2 Å². The molecule has 3 rings (SSSR count). The molecule has 238 valence electrons. The van der Waals surface area contributed by atoms with E-state index in [1.165, 1.54) is 25.3 Å². The van der Waals surface area contributed by atoms with E-state index < -0.39 is 62.2 Å². The molecule has 2 aromatic carbocycles. The molecule has 0 saturated carbocycles. The van der Waals surface area contributed by atoms with Gasteiger partial charge in [-0.05, 0) is 36.2 Å². The van der Waals surface area contributed by atoms with E-state index >= 15 is 0 Å². The number of halogens is 3. The maximum absolute atomic E-state index is 14.8. The van der Waals surface area contributed by atoms with E-state index in [1.54, 1.807) is 55.5 Å². The van der Waals surface area contributed by atoms with Crippen LogP contribution in [0.5, 0.6) is 0 Å². The minimum Gasteiger partial charge on any atom is -0.412 e. The van der Waals surface area contributed by atoms with E-state index in [1.807, 2.05) is 33.9 Å². The predicted molar refractivity (Wildman–Crippen MR) is 163 cm³/mol. The van der Waals surface area contributed by atoms with Gasteiger partial charge in [0.05, 0.1) is 11.8 Å². The van der Waals surface area contributed by atoms with Gasteiger partial charge in [0.1, 0.15) is 6.04 Å². The summed E-state index contributed by atoms with van der Waals surface area (Å²) >= 11 is 0. The van der Waals surface area contributed by atoms with Crippen LogP contribution in [0.2, 0.25) is 18.1 Å². The number of nitrogens with zero attached hydrogens (tertiary/aromatic N) is 2. The maximum atomic E-state index is 14.8. The van der Waals surface area contributed by atoms with Crippen molar-refractivity contribution in [1.82, 2.24) is 15.1 Å². The number of amides is 3. The second-order valence-corrected chi connectivity index (χ2v) is 17.3. The monoisotopic (exact) mass is 631 g/mol. The van der Waals surface area contributed by atoms with Gasteiger partial charge in [-0.2, -0.15) is 13.2 Å². The summed E-state index contributed by atoms with van der Waals surface area (Å²) in [5.41, 5.74) is -2.59. The normalized spacial score (nSPS) is 18.3. The molecule has 1 aliphatic heterocycles. The standard InChI is InChI=1S/C32H40F3N3O5Si/c1-21(43-44(7,8)30(4,5)6)27-28(41)38(26(20-37(27)23(3)40)25-17-13-10-14-18-25)31(36-22(2)39,29(42)32(33,34)35)19-24-15-11-9-12-16-24/h9-18,20-21,27H,19H2,1-8H3,(H,36,39). The first-order valence-corrected chi connectivity index (χ1v) is 17.2. The van der Waals surface area contributed by atoms with Crippen molar-refractivity contribution in [3.8, 4) is 0 Å². The van der Waals surface area contributed by atoms with Gasteiger partial charge in [-0.1, -0.05) is 81.4 Å². The van der Waals surface area contributed by atoms with Crippen LogP contribution in [0.3, 0.4) is 0 Å². The van der Waals surface area contributed by atoms with Crippen LogP contribution in [-0.4, -0.2) is 65.6 Å². The molecule has 0 aromatic heterocycles. The molecule has 12 heteroatoms. The van der Waals surface area contributed by atoms with Gasteiger partial charge in [0, 0.05) is 26.5 Å². The number of ketones is 1. The number of alkyl halides is 3. The zero-order valence-corrected chi connectivity index (χ0v) is 27.3. The Morgan fingerprint density at radius 1 is 0.955 bits per heavy atom. The molecule has 0 spiro atoms. The molecule has 1 heterocycles. The van der Waals surface area contributed by atoms with Crippen molar-refractivity contribution in [3.63, 3.8) is 0 Å². The van der Waals surface area contributed by atoms with Crippen LogP contribution >= 0.6 is 0 Å². The lowest BCUT2D eigenvalue weighted by Gasteiger charge is -2.50. The fraction of sp³-hybridized carbons (Fsp3) is 0.438. The van der Waals surface area contributed by atoms with Crippen LogP contribution in [0, 0.1) is 0 Å². The first-order chi connectivity index (χ1) is 20.2. The smallest absolute Gasteiger partial charge is 0.412 e. The first kappa shape index (κ1) is 34.7. The Morgan fingerprint density at radius 3 is 1.93 bits per heavy atom. The number of benzene rings is 2. The molecule has 0 aliphatic carbocycles. The average molecular weight is 632 g/mol. The van der Waals surface area contributed by atoms with Crippen molar-refractivity contribution >= 4 is 37.5 Å². The van der Waals surface area contributed by atoms with Crippen LogP contribution in [-0.2, 0) is 30.0 Å². The summed E-state index contributed by atoms with van der Waals surface area (Å²) < 4.78 is 50.2. The second-order valence-electron chi connectivity index (χ2n) is 12.5. The zero-order chi connectivity index (χ0) is 33.3. The highest BCUT2D eigenvalue weighted by Gasteiger charge is 2.61. The summed E-state index contributed by atoms with van der Waals surface area (Å²) in [5, 5.41) is 1.94. The fourth-order valence-electron chi connectivity index (χ4n) is 5.10. The lowest BCUT2D eigenvalue weighted by Crippen LogP contribution is -2.73. The summed E-state index contributed by atoms with van der Waals surface area (Å²) in [7, 11) is -2.58. The number of rotatable bonds is 9. The topological polar surface area (TPSA) is 96.0 Å². The van der Waals surface area contributed by atoms with E-state index in [-0.39, 0.29) is 21.9 Å². The van der Waals surface area contributed by atoms with Crippen LogP contribution in [0.25, 0.3) is 5.70 Å². The molecule has 0 fully saturated rings. The van der Waals surface area contributed by atoms with Gasteiger partial charge < -0.3 is 14.6 Å². The number of carbonyl (C=O) groups excluding carboxylic acids is 4. The van der Waals surface area contributed by atoms with Crippen molar-refractivity contribution in [2.24, 2.45) is 0 Å². The van der Waals surface area contributed by atoms with Crippen molar-refractivity contribution in [2.75, 3.05) is 0 Å². The number of Topliss-reactive ketones (excluding diaryl/α,β-unsaturated/α-hetero) is 1. The molecule has 1 aliphatic rings. The minimum atomic E-state index is -5.46. The number of hydrogen-bond donors (Lipinski definition) is 1. The highest BCUT2D eigenvalue weighted by molar-refractivity contribution is 6.74. The van der Waals surface area contributed by atoms with Gasteiger partial charge in [0.15, 0.2) is 14.0 Å². The summed E-state index contributed by atoms with van der Waals surface area (Å²) in [4.78, 5) is 56.0. The van der Waals surface area contributed by atoms with E-state index in [9.17, 15) is 32.3 Å². The molecule has 3 unspecified atom stereocenters. The Morgan fingerprint density at radius 2 is 1.48 bits per heavy atom. The minimum absolute atomic E-state index is 0.163. The molecule has 3 atom stereocenters. The third-order valence-electron chi connectivity index (χ3n) is 8.14. The SMILES string of the molecule is CC(=O)NC(Cc1ccccc1)(C(=O)C(F)(F)F)N1C(=O)C(C(C)O[Si](C)(C)C(C)(C)C)N(C(C)=O)C=C1c1ccccc1. The van der Waals surface area contributed by atoms with E-state index in [4.69, 9.17) is 4.43 Å². The van der Waals surface area contributed by atoms with Gasteiger partial charge in [-0.25, -0.2) is 0 Å². The quantitative estimate of drug-likeness (QED) is 0.361. The Hall–Kier alpha value is -3.77. The van der Waals surface area contributed by atoms with Crippen molar-refractivity contribution in [3.05, 3.63) is 78.0 Å². The molecule has 1 N–H and O–H groups in total. The molecule has 3 amide bonds. The van der Waals surface area contributed by atoms with Crippen molar-refractivity contribution < 1.29 is 36.8 Å². The van der Waals surface area contributed by atoms with Gasteiger partial charge in [-0.3, -0.25) is 24.1 Å². The maximum Gasteiger partial charge on any atom is 0.454 e. The van der Waals surface area contributed by atoms with Crippen molar-refractivity contribution in [1.29, 1.82) is 0 Å². The highest BCUT2D eigenvalue weighted by Crippen LogP contribution is 2.42. The zero-order valence-electron chi connectivity index (χ0n) is 26.3. The average Bonchev–Trinajstić information content (AvgIpc) is 2.90. The van der Waals surface area contributed by atoms with Crippen LogP contribution < -0.4 is 5.32 Å². The van der Waals surface area contributed by atoms with Gasteiger partial charge in [0.25, 0.3) is 11.7 Å². The van der Waals surface area contributed by atoms with Gasteiger partial charge in [-0.15, -0.1) is 0 Å². The summed E-state index contributed by atoms with van der Waals surface area (Å²) in [5.74, 6) is -4.87. The Balaban J connectivity index is 2.42. The van der Waals surface area contributed by atoms with Crippen LogP contribution in [0.1, 0.15) is 52.7 Å². The fourth-order valence-corrected chi connectivity index (χ4v) is 6.51. The molecule has 0 radical (unpaired) electrons. The van der Waals surface area contributed by atoms with E-state index in [0.717, 1.165) is 11.8 Å². The Labute approximate surface area is 257 Å². The lowest BCUT2D eigenvalue weighted by molar-refractivity contribution is -0.187. The third-order valence-corrected chi connectivity index (χ3v) is 12.7. The van der Waals surface area contributed by atoms with E-state index in [0.29, 0.717) is 4.90 Å². The van der Waals surface area contributed by atoms with Gasteiger partial charge in [0.2, 0.25) is 11.8 Å². The number of nitrogens with one attached hydrogen (secondary N) is 1. The second kappa shape index (κ2) is 12.7.